The summed E-state index contributed by atoms with van der Waals surface area (Å²) in [6.45, 7) is 4.10. The number of nitriles is 1. The quantitative estimate of drug-likeness (QED) is 0.473. The number of amides is 1. The highest BCUT2D eigenvalue weighted by molar-refractivity contribution is 7.89. The predicted molar refractivity (Wildman–Crippen MR) is 125 cm³/mol. The number of benzene rings is 1. The largest absolute Gasteiger partial charge is 0.449 e. The summed E-state index contributed by atoms with van der Waals surface area (Å²) >= 11 is 0. The number of rotatable bonds is 9. The summed E-state index contributed by atoms with van der Waals surface area (Å²) in [6.07, 6.45) is 5.50. The Kier molecular flexibility index (Phi) is 6.91. The maximum Gasteiger partial charge on any atom is 0.407 e. The minimum atomic E-state index is -4.01. The van der Waals surface area contributed by atoms with E-state index in [1.54, 1.807) is 12.4 Å². The van der Waals surface area contributed by atoms with Crippen LogP contribution in [0, 0.1) is 23.1 Å². The van der Waals surface area contributed by atoms with Crippen molar-refractivity contribution in [3.05, 3.63) is 42.0 Å². The van der Waals surface area contributed by atoms with Gasteiger partial charge in [-0.15, -0.1) is 0 Å². The molecule has 35 heavy (non-hydrogen) atoms. The highest BCUT2D eigenvalue weighted by atomic mass is 32.2. The van der Waals surface area contributed by atoms with E-state index in [9.17, 15) is 17.6 Å². The van der Waals surface area contributed by atoms with Crippen molar-refractivity contribution in [2.75, 3.05) is 11.9 Å². The summed E-state index contributed by atoms with van der Waals surface area (Å²) < 4.78 is 47.0. The molecular formula is C23H27FN6O4S. The second-order valence-corrected chi connectivity index (χ2v) is 11.0. The summed E-state index contributed by atoms with van der Waals surface area (Å²) in [6, 6.07) is 5.41. The first-order valence-corrected chi connectivity index (χ1v) is 12.8. The number of aromatic nitrogens is 2. The molecule has 186 valence electrons. The van der Waals surface area contributed by atoms with Crippen LogP contribution in [0.3, 0.4) is 0 Å². The number of anilines is 2. The number of nitrogens with one attached hydrogen (secondary N) is 3. The maximum absolute atomic E-state index is 14.6. The van der Waals surface area contributed by atoms with Gasteiger partial charge in [0, 0.05) is 18.4 Å². The topological polar surface area (TPSA) is 146 Å². The molecular weight excluding hydrogens is 475 g/mol. The lowest BCUT2D eigenvalue weighted by Gasteiger charge is -2.34. The molecule has 2 fully saturated rings. The molecule has 2 aliphatic carbocycles. The fourth-order valence-electron chi connectivity index (χ4n) is 3.79. The van der Waals surface area contributed by atoms with Crippen LogP contribution in [0.5, 0.6) is 0 Å². The van der Waals surface area contributed by atoms with Gasteiger partial charge in [-0.3, -0.25) is 0 Å². The highest BCUT2D eigenvalue weighted by Crippen LogP contribution is 2.41. The number of alkyl carbamates (subject to hydrolysis) is 1. The lowest BCUT2D eigenvalue weighted by atomic mass is 9.72. The van der Waals surface area contributed by atoms with E-state index >= 15 is 0 Å². The molecule has 3 N–H and O–H groups in total. The van der Waals surface area contributed by atoms with Crippen molar-refractivity contribution in [2.24, 2.45) is 5.92 Å². The maximum atomic E-state index is 14.6. The van der Waals surface area contributed by atoms with E-state index in [-0.39, 0.29) is 34.4 Å². The number of hydrogen-bond acceptors (Lipinski definition) is 8. The van der Waals surface area contributed by atoms with E-state index in [0.717, 1.165) is 24.5 Å². The van der Waals surface area contributed by atoms with Gasteiger partial charge in [0.1, 0.15) is 11.4 Å². The van der Waals surface area contributed by atoms with Crippen LogP contribution >= 0.6 is 0 Å². The van der Waals surface area contributed by atoms with Gasteiger partial charge in [-0.2, -0.15) is 9.98 Å². The zero-order valence-electron chi connectivity index (χ0n) is 19.4. The van der Waals surface area contributed by atoms with Gasteiger partial charge in [0.15, 0.2) is 0 Å². The highest BCUT2D eigenvalue weighted by Gasteiger charge is 2.46. The average Bonchev–Trinajstić information content (AvgIpc) is 3.53. The van der Waals surface area contributed by atoms with Gasteiger partial charge in [0.2, 0.25) is 16.0 Å². The minimum Gasteiger partial charge on any atom is -0.449 e. The molecule has 2 aliphatic rings. The number of ether oxygens (including phenoxy) is 1. The van der Waals surface area contributed by atoms with Crippen LogP contribution in [0.2, 0.25) is 0 Å². The third kappa shape index (κ3) is 6.04. The molecule has 1 aromatic carbocycles. The summed E-state index contributed by atoms with van der Waals surface area (Å²) in [7, 11) is -4.01. The molecule has 1 heterocycles. The lowest BCUT2D eigenvalue weighted by Crippen LogP contribution is -2.35. The first-order chi connectivity index (χ1) is 16.6. The first kappa shape index (κ1) is 24.8. The monoisotopic (exact) mass is 502 g/mol. The molecule has 1 aromatic heterocycles. The molecule has 1 amide bonds. The predicted octanol–water partition coefficient (Wildman–Crippen LogP) is 3.32. The first-order valence-electron chi connectivity index (χ1n) is 11.4. The molecule has 0 atom stereocenters. The summed E-state index contributed by atoms with van der Waals surface area (Å²) in [5, 5.41) is 14.5. The van der Waals surface area contributed by atoms with Gasteiger partial charge in [-0.05, 0) is 75.1 Å². The van der Waals surface area contributed by atoms with Gasteiger partial charge < -0.3 is 15.4 Å². The van der Waals surface area contributed by atoms with E-state index in [1.165, 1.54) is 12.1 Å². The number of nitrogens with zero attached hydrogens (tertiary/aromatic N) is 3. The van der Waals surface area contributed by atoms with E-state index in [1.807, 2.05) is 19.9 Å². The Balaban J connectivity index is 1.30. The molecule has 4 rings (SSSR count). The Labute approximate surface area is 203 Å². The molecule has 0 aliphatic heterocycles. The molecule has 0 bridgehead atoms. The molecule has 2 saturated carbocycles. The Bertz CT molecular complexity index is 1240. The third-order valence-electron chi connectivity index (χ3n) is 6.03. The molecule has 0 unspecified atom stereocenters. The van der Waals surface area contributed by atoms with Crippen LogP contribution in [0.15, 0.2) is 35.5 Å². The fraction of sp³-hybridized carbons (Fsp3) is 0.478. The van der Waals surface area contributed by atoms with Crippen molar-refractivity contribution in [2.45, 2.75) is 61.9 Å². The number of hydrogen-bond donors (Lipinski definition) is 3. The Morgan fingerprint density at radius 2 is 1.97 bits per heavy atom. The molecule has 0 saturated heterocycles. The van der Waals surface area contributed by atoms with E-state index in [2.05, 4.69) is 25.3 Å². The van der Waals surface area contributed by atoms with Crippen molar-refractivity contribution < 1.29 is 22.3 Å². The van der Waals surface area contributed by atoms with Gasteiger partial charge in [0.05, 0.1) is 23.3 Å². The number of carbonyl (C=O) groups excluding carboxylic acids is 1. The van der Waals surface area contributed by atoms with Gasteiger partial charge >= 0.3 is 6.09 Å². The van der Waals surface area contributed by atoms with Crippen molar-refractivity contribution in [1.82, 2.24) is 20.0 Å². The number of sulfonamides is 1. The smallest absolute Gasteiger partial charge is 0.407 e. The van der Waals surface area contributed by atoms with Crippen LogP contribution in [0.25, 0.3) is 0 Å². The van der Waals surface area contributed by atoms with Gasteiger partial charge in [-0.25, -0.2) is 27.6 Å². The lowest BCUT2D eigenvalue weighted by molar-refractivity contribution is 0.0930. The third-order valence-corrected chi connectivity index (χ3v) is 7.56. The van der Waals surface area contributed by atoms with Gasteiger partial charge in [-0.1, -0.05) is 0 Å². The van der Waals surface area contributed by atoms with Crippen LogP contribution < -0.4 is 15.4 Å². The van der Waals surface area contributed by atoms with Crippen molar-refractivity contribution in [1.29, 1.82) is 5.26 Å². The van der Waals surface area contributed by atoms with E-state index in [0.29, 0.717) is 19.4 Å². The Hall–Kier alpha value is -3.30. The zero-order valence-corrected chi connectivity index (χ0v) is 20.2. The summed E-state index contributed by atoms with van der Waals surface area (Å²) in [5.74, 6) is -0.0576. The van der Waals surface area contributed by atoms with Gasteiger partial charge in [0.25, 0.3) is 0 Å². The van der Waals surface area contributed by atoms with Crippen LogP contribution in [-0.2, 0) is 14.8 Å². The van der Waals surface area contributed by atoms with Crippen molar-refractivity contribution >= 4 is 27.8 Å². The normalized spacial score (nSPS) is 20.4. The average molecular weight is 503 g/mol. The van der Waals surface area contributed by atoms with Crippen LogP contribution in [-0.4, -0.2) is 42.7 Å². The summed E-state index contributed by atoms with van der Waals surface area (Å²) in [4.78, 5) is 19.8. The Morgan fingerprint density at radius 3 is 2.54 bits per heavy atom. The number of halogens is 1. The number of carbonyl (C=O) groups is 1. The van der Waals surface area contributed by atoms with Crippen molar-refractivity contribution in [3.8, 4) is 6.07 Å². The second-order valence-electron chi connectivity index (χ2n) is 9.34. The molecule has 0 spiro atoms. The van der Waals surface area contributed by atoms with Crippen LogP contribution in [0.4, 0.5) is 20.8 Å². The SMILES string of the molecule is CC(C)NC(=O)OCC1CC(c2cnc(Nc3ccc(S(=O)(=O)NC4(C#N)CC4)cc3F)nc2)C1. The minimum absolute atomic E-state index is 0.0265. The molecule has 0 radical (unpaired) electrons. The molecule has 12 heteroatoms. The standard InChI is InChI=1S/C23H27FN6O4S/c1-14(2)28-22(31)34-12-15-7-16(8-15)17-10-26-21(27-11-17)29-20-4-3-18(9-19(20)24)35(32,33)30-23(13-25)5-6-23/h3-4,9-11,14-16,30H,5-8,12H2,1-2H3,(H,28,31)(H,26,27,29). The van der Waals surface area contributed by atoms with E-state index < -0.39 is 27.5 Å². The summed E-state index contributed by atoms with van der Waals surface area (Å²) in [5.41, 5.74) is -0.117. The van der Waals surface area contributed by atoms with E-state index in [4.69, 9.17) is 10.00 Å². The second kappa shape index (κ2) is 9.75. The fourth-order valence-corrected chi connectivity index (χ4v) is 5.18. The Morgan fingerprint density at radius 1 is 1.29 bits per heavy atom. The zero-order chi connectivity index (χ0) is 25.2. The van der Waals surface area contributed by atoms with Crippen molar-refractivity contribution in [3.63, 3.8) is 0 Å². The molecule has 2 aromatic rings. The molecule has 10 nitrogen and oxygen atoms in total. The van der Waals surface area contributed by atoms with Crippen LogP contribution in [0.1, 0.15) is 51.0 Å².